The van der Waals surface area contributed by atoms with Crippen LogP contribution in [-0.2, 0) is 6.54 Å². The second kappa shape index (κ2) is 8.69. The van der Waals surface area contributed by atoms with Gasteiger partial charge in [-0.25, -0.2) is 0 Å². The van der Waals surface area contributed by atoms with E-state index in [0.29, 0.717) is 30.2 Å². The molecular formula is C24H23N3O3. The summed E-state index contributed by atoms with van der Waals surface area (Å²) in [5.74, 6) is 0.533. The monoisotopic (exact) mass is 401 g/mol. The summed E-state index contributed by atoms with van der Waals surface area (Å²) in [7, 11) is 0. The molecule has 152 valence electrons. The normalized spacial score (nSPS) is 10.8. The average molecular weight is 401 g/mol. The molecule has 0 atom stereocenters. The van der Waals surface area contributed by atoms with E-state index in [9.17, 15) is 9.59 Å². The van der Waals surface area contributed by atoms with Crippen LogP contribution < -0.4 is 15.6 Å². The van der Waals surface area contributed by atoms with Gasteiger partial charge in [0.1, 0.15) is 17.1 Å². The Morgan fingerprint density at radius 2 is 1.80 bits per heavy atom. The maximum atomic E-state index is 12.6. The quantitative estimate of drug-likeness (QED) is 0.491. The van der Waals surface area contributed by atoms with Crippen LogP contribution in [0, 0.1) is 0 Å². The minimum Gasteiger partial charge on any atom is -0.494 e. The van der Waals surface area contributed by atoms with Crippen LogP contribution in [-0.4, -0.2) is 22.1 Å². The minimum atomic E-state index is -0.225. The van der Waals surface area contributed by atoms with Gasteiger partial charge in [0.05, 0.1) is 12.3 Å². The van der Waals surface area contributed by atoms with Crippen molar-refractivity contribution in [3.8, 4) is 11.4 Å². The van der Waals surface area contributed by atoms with E-state index in [0.717, 1.165) is 23.1 Å². The summed E-state index contributed by atoms with van der Waals surface area (Å²) >= 11 is 0. The van der Waals surface area contributed by atoms with Crippen LogP contribution >= 0.6 is 0 Å². The summed E-state index contributed by atoms with van der Waals surface area (Å²) in [6.45, 7) is 3.13. The number of nitrogens with zero attached hydrogens (tertiary/aromatic N) is 1. The minimum absolute atomic E-state index is 0.178. The van der Waals surface area contributed by atoms with E-state index in [1.807, 2.05) is 61.5 Å². The second-order valence-electron chi connectivity index (χ2n) is 7.00. The number of pyridine rings is 1. The molecule has 0 saturated heterocycles. The number of aromatic amines is 1. The predicted octanol–water partition coefficient (Wildman–Crippen LogP) is 4.04. The van der Waals surface area contributed by atoms with Gasteiger partial charge in [0.15, 0.2) is 0 Å². The molecule has 1 amide bonds. The molecule has 0 bridgehead atoms. The summed E-state index contributed by atoms with van der Waals surface area (Å²) in [5, 5.41) is 3.69. The molecule has 2 aromatic heterocycles. The smallest absolute Gasteiger partial charge is 0.268 e. The zero-order valence-electron chi connectivity index (χ0n) is 16.7. The molecule has 0 unspecified atom stereocenters. The van der Waals surface area contributed by atoms with Gasteiger partial charge < -0.3 is 15.0 Å². The van der Waals surface area contributed by atoms with Crippen LogP contribution in [0.3, 0.4) is 0 Å². The third kappa shape index (κ3) is 4.12. The number of amides is 1. The van der Waals surface area contributed by atoms with Crippen LogP contribution in [0.15, 0.2) is 77.6 Å². The summed E-state index contributed by atoms with van der Waals surface area (Å²) in [6, 6.07) is 22.0. The molecule has 0 aliphatic rings. The van der Waals surface area contributed by atoms with Gasteiger partial charge in [-0.3, -0.25) is 14.2 Å². The van der Waals surface area contributed by atoms with Crippen molar-refractivity contribution in [2.24, 2.45) is 0 Å². The summed E-state index contributed by atoms with van der Waals surface area (Å²) < 4.78 is 7.18. The summed E-state index contributed by atoms with van der Waals surface area (Å²) in [6.07, 6.45) is 0.929. The number of ether oxygens (including phenoxy) is 1. The van der Waals surface area contributed by atoms with Crippen molar-refractivity contribution in [1.82, 2.24) is 14.9 Å². The standard InChI is InChI=1S/C24H23N3O3/c1-2-14-30-20-11-9-19(10-12-20)27-22(28)13-8-18-15-21(26-23(18)27)24(29)25-16-17-6-4-3-5-7-17/h3-13,15,26H,2,14,16H2,1H3,(H,25,29). The third-order valence-corrected chi connectivity index (χ3v) is 4.78. The average Bonchev–Trinajstić information content (AvgIpc) is 3.21. The van der Waals surface area contributed by atoms with Gasteiger partial charge in [0.2, 0.25) is 0 Å². The van der Waals surface area contributed by atoms with Crippen molar-refractivity contribution in [3.63, 3.8) is 0 Å². The first-order valence-corrected chi connectivity index (χ1v) is 9.96. The molecule has 0 fully saturated rings. The first-order chi connectivity index (χ1) is 14.7. The van der Waals surface area contributed by atoms with E-state index >= 15 is 0 Å². The Bertz CT molecular complexity index is 1210. The van der Waals surface area contributed by atoms with Crippen LogP contribution in [0.1, 0.15) is 29.4 Å². The predicted molar refractivity (Wildman–Crippen MR) is 117 cm³/mol. The van der Waals surface area contributed by atoms with Gasteiger partial charge in [-0.1, -0.05) is 37.3 Å². The van der Waals surface area contributed by atoms with Crippen molar-refractivity contribution in [2.75, 3.05) is 6.61 Å². The molecule has 2 aromatic carbocycles. The highest BCUT2D eigenvalue weighted by atomic mass is 16.5. The highest BCUT2D eigenvalue weighted by molar-refractivity contribution is 5.97. The molecule has 4 rings (SSSR count). The topological polar surface area (TPSA) is 76.1 Å². The lowest BCUT2D eigenvalue weighted by molar-refractivity contribution is 0.0946. The van der Waals surface area contributed by atoms with Gasteiger partial charge in [-0.05, 0) is 48.4 Å². The molecular weight excluding hydrogens is 378 g/mol. The lowest BCUT2D eigenvalue weighted by Gasteiger charge is -2.09. The Morgan fingerprint density at radius 3 is 2.53 bits per heavy atom. The molecule has 0 spiro atoms. The van der Waals surface area contributed by atoms with Gasteiger partial charge in [0, 0.05) is 18.0 Å². The fourth-order valence-electron chi connectivity index (χ4n) is 3.28. The van der Waals surface area contributed by atoms with E-state index in [2.05, 4.69) is 10.3 Å². The Balaban J connectivity index is 1.61. The largest absolute Gasteiger partial charge is 0.494 e. The molecule has 30 heavy (non-hydrogen) atoms. The van der Waals surface area contributed by atoms with Crippen LogP contribution in [0.25, 0.3) is 16.7 Å². The Morgan fingerprint density at radius 1 is 1.03 bits per heavy atom. The summed E-state index contributed by atoms with van der Waals surface area (Å²) in [5.41, 5.74) is 2.53. The Hall–Kier alpha value is -3.80. The van der Waals surface area contributed by atoms with E-state index in [1.54, 1.807) is 16.7 Å². The highest BCUT2D eigenvalue weighted by Crippen LogP contribution is 2.20. The molecule has 6 heteroatoms. The number of hydrogen-bond acceptors (Lipinski definition) is 3. The number of benzene rings is 2. The molecule has 4 aromatic rings. The van der Waals surface area contributed by atoms with Gasteiger partial charge >= 0.3 is 0 Å². The number of rotatable bonds is 7. The number of carbonyl (C=O) groups is 1. The molecule has 0 saturated carbocycles. The van der Waals surface area contributed by atoms with Crippen LogP contribution in [0.2, 0.25) is 0 Å². The molecule has 6 nitrogen and oxygen atoms in total. The van der Waals surface area contributed by atoms with E-state index in [-0.39, 0.29) is 11.5 Å². The highest BCUT2D eigenvalue weighted by Gasteiger charge is 2.13. The van der Waals surface area contributed by atoms with Crippen LogP contribution in [0.4, 0.5) is 0 Å². The van der Waals surface area contributed by atoms with Gasteiger partial charge in [-0.15, -0.1) is 0 Å². The zero-order chi connectivity index (χ0) is 20.9. The van der Waals surface area contributed by atoms with Gasteiger partial charge in [-0.2, -0.15) is 0 Å². The lowest BCUT2D eigenvalue weighted by Crippen LogP contribution is -2.23. The first kappa shape index (κ1) is 19.5. The van der Waals surface area contributed by atoms with Gasteiger partial charge in [0.25, 0.3) is 11.5 Å². The third-order valence-electron chi connectivity index (χ3n) is 4.78. The van der Waals surface area contributed by atoms with E-state index in [1.165, 1.54) is 6.07 Å². The van der Waals surface area contributed by atoms with Crippen molar-refractivity contribution < 1.29 is 9.53 Å². The number of hydrogen-bond donors (Lipinski definition) is 2. The fraction of sp³-hybridized carbons (Fsp3) is 0.167. The molecule has 2 heterocycles. The maximum Gasteiger partial charge on any atom is 0.268 e. The second-order valence-corrected chi connectivity index (χ2v) is 7.00. The summed E-state index contributed by atoms with van der Waals surface area (Å²) in [4.78, 5) is 28.3. The number of fused-ring (bicyclic) bond motifs is 1. The van der Waals surface area contributed by atoms with Crippen molar-refractivity contribution in [1.29, 1.82) is 0 Å². The Labute approximate surface area is 174 Å². The van der Waals surface area contributed by atoms with Crippen molar-refractivity contribution >= 4 is 16.9 Å². The van der Waals surface area contributed by atoms with Crippen molar-refractivity contribution in [2.45, 2.75) is 19.9 Å². The first-order valence-electron chi connectivity index (χ1n) is 9.96. The number of nitrogens with one attached hydrogen (secondary N) is 2. The lowest BCUT2D eigenvalue weighted by atomic mass is 10.2. The maximum absolute atomic E-state index is 12.6. The SMILES string of the molecule is CCCOc1ccc(-n2c(=O)ccc3cc(C(=O)NCc4ccccc4)[nH]c32)cc1. The molecule has 0 aliphatic heterocycles. The molecule has 0 aliphatic carbocycles. The number of aromatic nitrogens is 2. The fourth-order valence-corrected chi connectivity index (χ4v) is 3.28. The van der Waals surface area contributed by atoms with E-state index in [4.69, 9.17) is 4.74 Å². The molecule has 0 radical (unpaired) electrons. The number of H-pyrrole nitrogens is 1. The van der Waals surface area contributed by atoms with Crippen molar-refractivity contribution in [3.05, 3.63) is 94.4 Å². The van der Waals surface area contributed by atoms with E-state index < -0.39 is 0 Å². The number of carbonyl (C=O) groups excluding carboxylic acids is 1. The zero-order valence-corrected chi connectivity index (χ0v) is 16.7. The Kier molecular flexibility index (Phi) is 5.66. The van der Waals surface area contributed by atoms with Crippen LogP contribution in [0.5, 0.6) is 5.75 Å². The molecule has 2 N–H and O–H groups in total.